The van der Waals surface area contributed by atoms with Crippen LogP contribution in [-0.4, -0.2) is 49.1 Å². The van der Waals surface area contributed by atoms with E-state index in [1.54, 1.807) is 0 Å². The first-order chi connectivity index (χ1) is 5.29. The van der Waals surface area contributed by atoms with Gasteiger partial charge in [-0.05, 0) is 26.9 Å². The van der Waals surface area contributed by atoms with Crippen LogP contribution in [0.3, 0.4) is 0 Å². The van der Waals surface area contributed by atoms with Crippen molar-refractivity contribution in [2.45, 2.75) is 31.3 Å². The second-order valence-electron chi connectivity index (χ2n) is 4.03. The maximum absolute atomic E-state index is 2.54. The molecule has 0 aromatic carbocycles. The summed E-state index contributed by atoms with van der Waals surface area (Å²) in [6.45, 7) is 2.52. The fourth-order valence-corrected chi connectivity index (χ4v) is 2.60. The predicted octanol–water partition coefficient (Wildman–Crippen LogP) is 0.785. The average molecular weight is 154 g/mol. The highest BCUT2D eigenvalue weighted by atomic mass is 15.3. The van der Waals surface area contributed by atoms with E-state index in [0.717, 1.165) is 12.1 Å². The largest absolute Gasteiger partial charge is 0.301 e. The molecule has 2 heteroatoms. The van der Waals surface area contributed by atoms with Crippen LogP contribution in [0.15, 0.2) is 0 Å². The number of rotatable bonds is 0. The average Bonchev–Trinajstić information content (AvgIpc) is 2.45. The second kappa shape index (κ2) is 2.76. The molecule has 2 rings (SSSR count). The van der Waals surface area contributed by atoms with Crippen molar-refractivity contribution in [1.82, 2.24) is 9.80 Å². The van der Waals surface area contributed by atoms with Gasteiger partial charge in [-0.15, -0.1) is 0 Å². The number of nitrogens with zero attached hydrogens (tertiary/aromatic N) is 2. The Morgan fingerprint density at radius 2 is 1.36 bits per heavy atom. The lowest BCUT2D eigenvalue weighted by atomic mass is 10.1. The van der Waals surface area contributed by atoms with E-state index in [0.29, 0.717) is 0 Å². The molecule has 0 radical (unpaired) electrons. The van der Waals surface area contributed by atoms with Gasteiger partial charge in [0.1, 0.15) is 0 Å². The van der Waals surface area contributed by atoms with Crippen LogP contribution < -0.4 is 0 Å². The zero-order valence-corrected chi connectivity index (χ0v) is 7.58. The molecule has 0 N–H and O–H groups in total. The second-order valence-corrected chi connectivity index (χ2v) is 4.03. The molecule has 0 aromatic heterocycles. The molecule has 1 aliphatic heterocycles. The van der Waals surface area contributed by atoms with E-state index in [-0.39, 0.29) is 0 Å². The molecule has 0 spiro atoms. The topological polar surface area (TPSA) is 6.48 Å². The van der Waals surface area contributed by atoms with Gasteiger partial charge >= 0.3 is 0 Å². The van der Waals surface area contributed by atoms with Crippen molar-refractivity contribution in [1.29, 1.82) is 0 Å². The van der Waals surface area contributed by atoms with Gasteiger partial charge in [0, 0.05) is 25.2 Å². The maximum atomic E-state index is 2.54. The van der Waals surface area contributed by atoms with Crippen LogP contribution in [0, 0.1) is 0 Å². The van der Waals surface area contributed by atoms with Crippen LogP contribution in [0.2, 0.25) is 0 Å². The van der Waals surface area contributed by atoms with Crippen molar-refractivity contribution < 1.29 is 0 Å². The Bertz CT molecular complexity index is 130. The summed E-state index contributed by atoms with van der Waals surface area (Å²) in [6, 6.07) is 1.74. The summed E-state index contributed by atoms with van der Waals surface area (Å²) in [5, 5.41) is 0. The molecule has 64 valence electrons. The van der Waals surface area contributed by atoms with Crippen LogP contribution in [0.5, 0.6) is 0 Å². The molecule has 0 amide bonds. The van der Waals surface area contributed by atoms with E-state index in [1.807, 2.05) is 0 Å². The Morgan fingerprint density at radius 1 is 0.909 bits per heavy atom. The first-order valence-corrected chi connectivity index (χ1v) is 4.69. The fraction of sp³-hybridized carbons (Fsp3) is 1.00. The van der Waals surface area contributed by atoms with Crippen LogP contribution in [0.1, 0.15) is 19.3 Å². The quantitative estimate of drug-likeness (QED) is 0.509. The van der Waals surface area contributed by atoms with E-state index in [2.05, 4.69) is 23.9 Å². The highest BCUT2D eigenvalue weighted by Gasteiger charge is 2.35. The number of piperazine rings is 1. The van der Waals surface area contributed by atoms with Gasteiger partial charge in [0.15, 0.2) is 0 Å². The van der Waals surface area contributed by atoms with Gasteiger partial charge in [-0.25, -0.2) is 0 Å². The minimum atomic E-state index is 0.869. The van der Waals surface area contributed by atoms with Gasteiger partial charge in [-0.3, -0.25) is 0 Å². The van der Waals surface area contributed by atoms with Crippen molar-refractivity contribution in [2.24, 2.45) is 0 Å². The van der Waals surface area contributed by atoms with Crippen molar-refractivity contribution in [3.63, 3.8) is 0 Å². The highest BCUT2D eigenvalue weighted by Crippen LogP contribution is 2.29. The summed E-state index contributed by atoms with van der Waals surface area (Å²) in [4.78, 5) is 5.08. The molecule has 2 aliphatic rings. The van der Waals surface area contributed by atoms with Crippen molar-refractivity contribution in [3.8, 4) is 0 Å². The number of hydrogen-bond acceptors (Lipinski definition) is 2. The monoisotopic (exact) mass is 154 g/mol. The van der Waals surface area contributed by atoms with Gasteiger partial charge in [0.25, 0.3) is 0 Å². The van der Waals surface area contributed by atoms with E-state index in [9.17, 15) is 0 Å². The Balaban J connectivity index is 2.08. The summed E-state index contributed by atoms with van der Waals surface area (Å²) in [6.07, 6.45) is 4.28. The fourth-order valence-electron chi connectivity index (χ4n) is 2.60. The van der Waals surface area contributed by atoms with Crippen molar-refractivity contribution >= 4 is 0 Å². The highest BCUT2D eigenvalue weighted by molar-refractivity contribution is 4.93. The minimum Gasteiger partial charge on any atom is -0.301 e. The molecular formula is C9H18N2. The molecule has 0 bridgehead atoms. The third-order valence-electron chi connectivity index (χ3n) is 3.38. The summed E-state index contributed by atoms with van der Waals surface area (Å²) in [5.74, 6) is 0. The smallest absolute Gasteiger partial charge is 0.0248 e. The van der Waals surface area contributed by atoms with Gasteiger partial charge in [-0.2, -0.15) is 0 Å². The lowest BCUT2D eigenvalue weighted by Gasteiger charge is -2.41. The molecule has 11 heavy (non-hydrogen) atoms. The van der Waals surface area contributed by atoms with E-state index in [1.165, 1.54) is 32.4 Å². The van der Waals surface area contributed by atoms with Crippen molar-refractivity contribution in [2.75, 3.05) is 27.2 Å². The van der Waals surface area contributed by atoms with Gasteiger partial charge in [0.05, 0.1) is 0 Å². The summed E-state index contributed by atoms with van der Waals surface area (Å²) in [7, 11) is 4.55. The Kier molecular flexibility index (Phi) is 1.90. The predicted molar refractivity (Wildman–Crippen MR) is 46.7 cm³/mol. The number of likely N-dealkylation sites (N-methyl/N-ethyl adjacent to an activating group) is 2. The molecule has 0 unspecified atom stereocenters. The van der Waals surface area contributed by atoms with Crippen LogP contribution in [0.4, 0.5) is 0 Å². The lowest BCUT2D eigenvalue weighted by molar-refractivity contribution is 0.0722. The van der Waals surface area contributed by atoms with Crippen molar-refractivity contribution in [3.05, 3.63) is 0 Å². The molecule has 1 heterocycles. The SMILES string of the molecule is CN1CCN(C)[C@H]2CCC[C@@H]21. The first-order valence-electron chi connectivity index (χ1n) is 4.69. The van der Waals surface area contributed by atoms with Gasteiger partial charge < -0.3 is 9.80 Å². The Morgan fingerprint density at radius 3 is 1.82 bits per heavy atom. The molecule has 1 saturated carbocycles. The van der Waals surface area contributed by atoms with Gasteiger partial charge in [0.2, 0.25) is 0 Å². The minimum absolute atomic E-state index is 0.869. The third-order valence-corrected chi connectivity index (χ3v) is 3.38. The lowest BCUT2D eigenvalue weighted by Crippen LogP contribution is -2.54. The van der Waals surface area contributed by atoms with Crippen LogP contribution >= 0.6 is 0 Å². The molecule has 1 aliphatic carbocycles. The first kappa shape index (κ1) is 7.56. The molecule has 2 fully saturated rings. The molecule has 1 saturated heterocycles. The normalized spacial score (nSPS) is 40.9. The third kappa shape index (κ3) is 1.18. The molecule has 2 atom stereocenters. The van der Waals surface area contributed by atoms with Crippen LogP contribution in [-0.2, 0) is 0 Å². The Hall–Kier alpha value is -0.0800. The number of fused-ring (bicyclic) bond motifs is 1. The molecule has 2 nitrogen and oxygen atoms in total. The summed E-state index contributed by atoms with van der Waals surface area (Å²) >= 11 is 0. The van der Waals surface area contributed by atoms with E-state index < -0.39 is 0 Å². The standard InChI is InChI=1S/C9H18N2/c1-10-6-7-11(2)9-5-3-4-8(9)10/h8-9H,3-7H2,1-2H3/t8-,9-/m0/s1. The Labute approximate surface area is 69.2 Å². The van der Waals surface area contributed by atoms with Crippen LogP contribution in [0.25, 0.3) is 0 Å². The van der Waals surface area contributed by atoms with E-state index >= 15 is 0 Å². The zero-order chi connectivity index (χ0) is 7.84. The maximum Gasteiger partial charge on any atom is 0.0248 e. The summed E-state index contributed by atoms with van der Waals surface area (Å²) < 4.78 is 0. The molecular weight excluding hydrogens is 136 g/mol. The number of hydrogen-bond donors (Lipinski definition) is 0. The molecule has 0 aromatic rings. The van der Waals surface area contributed by atoms with Gasteiger partial charge in [-0.1, -0.05) is 6.42 Å². The van der Waals surface area contributed by atoms with E-state index in [4.69, 9.17) is 0 Å². The summed E-state index contributed by atoms with van der Waals surface area (Å²) in [5.41, 5.74) is 0. The zero-order valence-electron chi connectivity index (χ0n) is 7.58.